The van der Waals surface area contributed by atoms with Crippen LogP contribution in [-0.4, -0.2) is 19.3 Å². The Labute approximate surface area is 91.2 Å². The van der Waals surface area contributed by atoms with Gasteiger partial charge in [-0.1, -0.05) is 0 Å². The molecule has 0 saturated heterocycles. The molecule has 0 radical (unpaired) electrons. The van der Waals surface area contributed by atoms with E-state index < -0.39 is 5.69 Å². The standard InChI is InChI=1S/C10H12N4O2/c1-2-13-6-8(5-12-13)7-14-9(15)3-4-11-10(14)16/h3-6H,2,7H2,1H3,(H,11,16). The fraction of sp³-hybridized carbons (Fsp3) is 0.300. The van der Waals surface area contributed by atoms with Crippen molar-refractivity contribution in [3.63, 3.8) is 0 Å². The molecule has 0 bridgehead atoms. The molecule has 0 saturated carbocycles. The number of H-pyrrole nitrogens is 1. The smallest absolute Gasteiger partial charge is 0.314 e. The number of aryl methyl sites for hydroxylation is 1. The normalized spacial score (nSPS) is 10.6. The Hall–Kier alpha value is -2.11. The van der Waals surface area contributed by atoms with Crippen molar-refractivity contribution in [3.05, 3.63) is 51.1 Å². The molecule has 1 N–H and O–H groups in total. The lowest BCUT2D eigenvalue weighted by atomic mass is 10.3. The number of aromatic nitrogens is 4. The van der Waals surface area contributed by atoms with Gasteiger partial charge in [0.15, 0.2) is 0 Å². The quantitative estimate of drug-likeness (QED) is 0.778. The van der Waals surface area contributed by atoms with E-state index in [4.69, 9.17) is 0 Å². The number of nitrogens with zero attached hydrogens (tertiary/aromatic N) is 3. The molecule has 2 aromatic heterocycles. The van der Waals surface area contributed by atoms with Gasteiger partial charge in [0.2, 0.25) is 0 Å². The van der Waals surface area contributed by atoms with Crippen LogP contribution < -0.4 is 11.2 Å². The summed E-state index contributed by atoms with van der Waals surface area (Å²) >= 11 is 0. The summed E-state index contributed by atoms with van der Waals surface area (Å²) in [7, 11) is 0. The van der Waals surface area contributed by atoms with Gasteiger partial charge in [0.05, 0.1) is 12.7 Å². The topological polar surface area (TPSA) is 72.7 Å². The van der Waals surface area contributed by atoms with Gasteiger partial charge >= 0.3 is 5.69 Å². The largest absolute Gasteiger partial charge is 0.328 e. The Morgan fingerprint density at radius 3 is 2.88 bits per heavy atom. The van der Waals surface area contributed by atoms with Gasteiger partial charge in [-0.25, -0.2) is 4.79 Å². The van der Waals surface area contributed by atoms with E-state index in [-0.39, 0.29) is 12.1 Å². The molecule has 0 aliphatic carbocycles. The molecule has 0 aromatic carbocycles. The van der Waals surface area contributed by atoms with Gasteiger partial charge in [-0.2, -0.15) is 5.10 Å². The van der Waals surface area contributed by atoms with E-state index in [1.807, 2.05) is 13.1 Å². The highest BCUT2D eigenvalue weighted by Crippen LogP contribution is 1.97. The molecule has 0 unspecified atom stereocenters. The molecular weight excluding hydrogens is 208 g/mol. The van der Waals surface area contributed by atoms with Gasteiger partial charge in [-0.15, -0.1) is 0 Å². The van der Waals surface area contributed by atoms with E-state index in [1.54, 1.807) is 10.9 Å². The van der Waals surface area contributed by atoms with Crippen LogP contribution in [0.2, 0.25) is 0 Å². The molecule has 0 aliphatic heterocycles. The molecular formula is C10H12N4O2. The maximum Gasteiger partial charge on any atom is 0.328 e. The Kier molecular flexibility index (Phi) is 2.72. The first kappa shape index (κ1) is 10.4. The summed E-state index contributed by atoms with van der Waals surface area (Å²) in [5.41, 5.74) is 0.116. The number of hydrogen-bond acceptors (Lipinski definition) is 3. The monoisotopic (exact) mass is 220 g/mol. The van der Waals surface area contributed by atoms with Crippen molar-refractivity contribution >= 4 is 0 Å². The van der Waals surface area contributed by atoms with Crippen LogP contribution in [0.15, 0.2) is 34.2 Å². The molecule has 0 aliphatic rings. The van der Waals surface area contributed by atoms with E-state index in [0.717, 1.165) is 16.7 Å². The molecule has 84 valence electrons. The van der Waals surface area contributed by atoms with E-state index in [1.165, 1.54) is 12.3 Å². The fourth-order valence-corrected chi connectivity index (χ4v) is 1.45. The predicted octanol–water partition coefficient (Wildman–Crippen LogP) is -0.199. The molecule has 2 aromatic rings. The Bertz CT molecular complexity index is 565. The molecule has 16 heavy (non-hydrogen) atoms. The Morgan fingerprint density at radius 2 is 2.25 bits per heavy atom. The number of rotatable bonds is 3. The summed E-state index contributed by atoms with van der Waals surface area (Å²) in [6.07, 6.45) is 4.82. The lowest BCUT2D eigenvalue weighted by molar-refractivity contribution is 0.656. The van der Waals surface area contributed by atoms with E-state index in [0.29, 0.717) is 0 Å². The molecule has 6 nitrogen and oxygen atoms in total. The SMILES string of the molecule is CCn1cc(Cn2c(=O)cc[nH]c2=O)cn1. The van der Waals surface area contributed by atoms with Crippen LogP contribution in [0, 0.1) is 0 Å². The minimum absolute atomic E-state index is 0.245. The number of nitrogens with one attached hydrogen (secondary N) is 1. The highest BCUT2D eigenvalue weighted by Gasteiger charge is 2.03. The van der Waals surface area contributed by atoms with Crippen LogP contribution in [0.4, 0.5) is 0 Å². The maximum absolute atomic E-state index is 11.4. The third-order valence-electron chi connectivity index (χ3n) is 2.30. The zero-order valence-electron chi connectivity index (χ0n) is 8.88. The average molecular weight is 220 g/mol. The minimum Gasteiger partial charge on any atom is -0.314 e. The van der Waals surface area contributed by atoms with Gasteiger partial charge in [-0.3, -0.25) is 14.0 Å². The van der Waals surface area contributed by atoms with Crippen molar-refractivity contribution in [2.45, 2.75) is 20.0 Å². The van der Waals surface area contributed by atoms with Gasteiger partial charge in [0.1, 0.15) is 0 Å². The van der Waals surface area contributed by atoms with E-state index >= 15 is 0 Å². The third-order valence-corrected chi connectivity index (χ3v) is 2.30. The number of hydrogen-bond donors (Lipinski definition) is 1. The van der Waals surface area contributed by atoms with Crippen molar-refractivity contribution in [1.29, 1.82) is 0 Å². The zero-order valence-corrected chi connectivity index (χ0v) is 8.88. The summed E-state index contributed by atoms with van der Waals surface area (Å²) < 4.78 is 2.88. The Morgan fingerprint density at radius 1 is 1.44 bits per heavy atom. The first-order valence-corrected chi connectivity index (χ1v) is 5.00. The third kappa shape index (κ3) is 1.95. The van der Waals surface area contributed by atoms with Crippen LogP contribution in [0.25, 0.3) is 0 Å². The second-order valence-corrected chi connectivity index (χ2v) is 3.41. The van der Waals surface area contributed by atoms with Crippen LogP contribution in [-0.2, 0) is 13.1 Å². The zero-order chi connectivity index (χ0) is 11.5. The van der Waals surface area contributed by atoms with Crippen LogP contribution in [0.1, 0.15) is 12.5 Å². The molecule has 0 fully saturated rings. The lowest BCUT2D eigenvalue weighted by Gasteiger charge is -2.00. The Balaban J connectivity index is 2.34. The van der Waals surface area contributed by atoms with E-state index in [9.17, 15) is 9.59 Å². The summed E-state index contributed by atoms with van der Waals surface area (Å²) in [5, 5.41) is 4.08. The van der Waals surface area contributed by atoms with Gasteiger partial charge in [0.25, 0.3) is 5.56 Å². The molecule has 2 heterocycles. The summed E-state index contributed by atoms with van der Waals surface area (Å²) in [4.78, 5) is 25.3. The second-order valence-electron chi connectivity index (χ2n) is 3.41. The van der Waals surface area contributed by atoms with Gasteiger partial charge in [-0.05, 0) is 6.92 Å². The molecule has 6 heteroatoms. The van der Waals surface area contributed by atoms with E-state index in [2.05, 4.69) is 10.1 Å². The summed E-state index contributed by atoms with van der Waals surface area (Å²) in [6.45, 7) is 2.98. The van der Waals surface area contributed by atoms with Crippen molar-refractivity contribution in [2.75, 3.05) is 0 Å². The summed E-state index contributed by atoms with van der Waals surface area (Å²) in [6, 6.07) is 1.33. The van der Waals surface area contributed by atoms with Crippen molar-refractivity contribution in [1.82, 2.24) is 19.3 Å². The van der Waals surface area contributed by atoms with Crippen LogP contribution in [0.5, 0.6) is 0 Å². The molecule has 0 amide bonds. The van der Waals surface area contributed by atoms with Crippen molar-refractivity contribution in [2.24, 2.45) is 0 Å². The van der Waals surface area contributed by atoms with Crippen molar-refractivity contribution < 1.29 is 0 Å². The van der Waals surface area contributed by atoms with Crippen molar-refractivity contribution in [3.8, 4) is 0 Å². The van der Waals surface area contributed by atoms with Crippen LogP contribution >= 0.6 is 0 Å². The predicted molar refractivity (Wildman–Crippen MR) is 58.3 cm³/mol. The summed E-state index contributed by atoms with van der Waals surface area (Å²) in [5.74, 6) is 0. The molecule has 0 atom stereocenters. The maximum atomic E-state index is 11.4. The molecule has 2 rings (SSSR count). The average Bonchev–Trinajstić information content (AvgIpc) is 2.71. The first-order valence-electron chi connectivity index (χ1n) is 5.00. The van der Waals surface area contributed by atoms with Gasteiger partial charge < -0.3 is 4.98 Å². The minimum atomic E-state index is -0.406. The lowest BCUT2D eigenvalue weighted by Crippen LogP contribution is -2.34. The highest BCUT2D eigenvalue weighted by atomic mass is 16.2. The van der Waals surface area contributed by atoms with Gasteiger partial charge in [0, 0.05) is 30.6 Å². The van der Waals surface area contributed by atoms with Crippen LogP contribution in [0.3, 0.4) is 0 Å². The second kappa shape index (κ2) is 4.18. The highest BCUT2D eigenvalue weighted by molar-refractivity contribution is 5.05. The number of aromatic amines is 1. The first-order chi connectivity index (χ1) is 7.70. The molecule has 0 spiro atoms. The fourth-order valence-electron chi connectivity index (χ4n) is 1.45.